The largest absolute Gasteiger partial charge is 0.494 e. The number of halogens is 3. The third-order valence-corrected chi connectivity index (χ3v) is 6.88. The number of rotatable bonds is 5. The van der Waals surface area contributed by atoms with Crippen LogP contribution in [0.25, 0.3) is 11.0 Å². The van der Waals surface area contributed by atoms with Gasteiger partial charge in [-0.15, -0.1) is 0 Å². The van der Waals surface area contributed by atoms with Crippen LogP contribution in [0.5, 0.6) is 5.75 Å². The van der Waals surface area contributed by atoms with Crippen molar-refractivity contribution in [3.8, 4) is 5.75 Å². The Morgan fingerprint density at radius 1 is 1.03 bits per heavy atom. The van der Waals surface area contributed by atoms with Crippen LogP contribution in [0, 0.1) is 5.92 Å². The lowest BCUT2D eigenvalue weighted by Gasteiger charge is -2.32. The van der Waals surface area contributed by atoms with Gasteiger partial charge in [-0.1, -0.05) is 24.3 Å². The van der Waals surface area contributed by atoms with E-state index in [1.165, 1.54) is 23.8 Å². The Hall–Kier alpha value is -3.23. The number of imidazole rings is 1. The number of hydrogen-bond donors (Lipinski definition) is 0. The minimum atomic E-state index is -4.52. The maximum absolute atomic E-state index is 13.7. The molecule has 0 bridgehead atoms. The molecule has 1 aromatic heterocycles. The molecule has 0 radical (unpaired) electrons. The predicted molar refractivity (Wildman–Crippen MR) is 121 cm³/mol. The summed E-state index contributed by atoms with van der Waals surface area (Å²) in [5, 5.41) is 0. The van der Waals surface area contributed by atoms with Gasteiger partial charge in [-0.2, -0.15) is 13.2 Å². The number of aromatic nitrogens is 2. The third kappa shape index (κ3) is 3.97. The fraction of sp³-hybridized carbons (Fsp3) is 0.440. The number of alkyl halides is 3. The first-order chi connectivity index (χ1) is 16.3. The van der Waals surface area contributed by atoms with Crippen molar-refractivity contribution < 1.29 is 22.7 Å². The van der Waals surface area contributed by atoms with Crippen LogP contribution in [0.1, 0.15) is 42.9 Å². The first kappa shape index (κ1) is 22.6. The summed E-state index contributed by atoms with van der Waals surface area (Å²) < 4.78 is 49.4. The number of likely N-dealkylation sites (tertiary alicyclic amines) is 1. The summed E-state index contributed by atoms with van der Waals surface area (Å²) in [5.74, 6) is 0.775. The lowest BCUT2D eigenvalue weighted by atomic mass is 10.0. The van der Waals surface area contributed by atoms with Gasteiger partial charge in [-0.3, -0.25) is 13.9 Å². The molecule has 2 heterocycles. The zero-order valence-corrected chi connectivity index (χ0v) is 18.8. The predicted octanol–water partition coefficient (Wildman–Crippen LogP) is 4.45. The van der Waals surface area contributed by atoms with Gasteiger partial charge in [0.05, 0.1) is 24.7 Å². The van der Waals surface area contributed by atoms with Crippen LogP contribution in [0.3, 0.4) is 0 Å². The zero-order chi connectivity index (χ0) is 24.0. The molecular formula is C25H26F3N3O3. The quantitative estimate of drug-likeness (QED) is 0.550. The van der Waals surface area contributed by atoms with E-state index in [0.29, 0.717) is 42.7 Å². The van der Waals surface area contributed by atoms with Crippen molar-refractivity contribution in [2.24, 2.45) is 5.92 Å². The summed E-state index contributed by atoms with van der Waals surface area (Å²) >= 11 is 0. The number of carbonyl (C=O) groups excluding carboxylic acids is 1. The molecular weight excluding hydrogens is 447 g/mol. The van der Waals surface area contributed by atoms with Crippen molar-refractivity contribution in [1.29, 1.82) is 0 Å². The van der Waals surface area contributed by atoms with Crippen LogP contribution in [0.4, 0.5) is 13.2 Å². The molecule has 1 saturated carbocycles. The number of fused-ring (bicyclic) bond motifs is 1. The van der Waals surface area contributed by atoms with Gasteiger partial charge in [0.1, 0.15) is 11.3 Å². The molecule has 6 nitrogen and oxygen atoms in total. The van der Waals surface area contributed by atoms with Crippen molar-refractivity contribution in [3.63, 3.8) is 0 Å². The normalized spacial score (nSPS) is 17.4. The smallest absolute Gasteiger partial charge is 0.416 e. The fourth-order valence-electron chi connectivity index (χ4n) is 5.01. The van der Waals surface area contributed by atoms with Gasteiger partial charge >= 0.3 is 11.9 Å². The van der Waals surface area contributed by atoms with E-state index in [1.807, 2.05) is 4.90 Å². The van der Waals surface area contributed by atoms with Crippen molar-refractivity contribution in [2.75, 3.05) is 20.2 Å². The Balaban J connectivity index is 1.55. The molecule has 34 heavy (non-hydrogen) atoms. The summed E-state index contributed by atoms with van der Waals surface area (Å²) in [6, 6.07) is 10.4. The Kier molecular flexibility index (Phi) is 5.65. The first-order valence-electron chi connectivity index (χ1n) is 11.5. The van der Waals surface area contributed by atoms with Crippen molar-refractivity contribution in [1.82, 2.24) is 14.0 Å². The van der Waals surface area contributed by atoms with Crippen LogP contribution < -0.4 is 10.4 Å². The Labute approximate surface area is 194 Å². The van der Waals surface area contributed by atoms with Gasteiger partial charge in [0.25, 0.3) is 0 Å². The van der Waals surface area contributed by atoms with Crippen LogP contribution in [0.2, 0.25) is 0 Å². The number of para-hydroxylation sites is 1. The van der Waals surface area contributed by atoms with Gasteiger partial charge in [-0.25, -0.2) is 4.79 Å². The Bertz CT molecular complexity index is 1280. The van der Waals surface area contributed by atoms with E-state index in [-0.39, 0.29) is 35.7 Å². The minimum Gasteiger partial charge on any atom is -0.494 e. The molecule has 0 N–H and O–H groups in total. The number of ether oxygens (including phenoxy) is 1. The highest BCUT2D eigenvalue weighted by molar-refractivity contribution is 5.83. The molecule has 180 valence electrons. The Morgan fingerprint density at radius 2 is 1.74 bits per heavy atom. The van der Waals surface area contributed by atoms with E-state index in [4.69, 9.17) is 4.74 Å². The number of hydrogen-bond acceptors (Lipinski definition) is 3. The van der Waals surface area contributed by atoms with Crippen LogP contribution in [-0.2, 0) is 17.5 Å². The molecule has 0 spiro atoms. The topological polar surface area (TPSA) is 56.5 Å². The molecule has 1 aliphatic heterocycles. The summed E-state index contributed by atoms with van der Waals surface area (Å²) in [7, 11) is 1.48. The van der Waals surface area contributed by atoms with Gasteiger partial charge in [0.2, 0.25) is 5.91 Å². The lowest BCUT2D eigenvalue weighted by molar-refractivity contribution is -0.138. The molecule has 9 heteroatoms. The lowest BCUT2D eigenvalue weighted by Crippen LogP contribution is -2.41. The first-order valence-corrected chi connectivity index (χ1v) is 11.5. The van der Waals surface area contributed by atoms with Gasteiger partial charge < -0.3 is 9.64 Å². The van der Waals surface area contributed by atoms with Gasteiger partial charge in [0, 0.05) is 25.0 Å². The number of methoxy groups -OCH3 is 1. The monoisotopic (exact) mass is 473 g/mol. The number of benzene rings is 2. The maximum atomic E-state index is 13.7. The van der Waals surface area contributed by atoms with E-state index >= 15 is 0 Å². The van der Waals surface area contributed by atoms with Crippen LogP contribution >= 0.6 is 0 Å². The average Bonchev–Trinajstić information content (AvgIpc) is 3.64. The molecule has 0 unspecified atom stereocenters. The molecule has 1 aliphatic carbocycles. The van der Waals surface area contributed by atoms with E-state index in [9.17, 15) is 22.8 Å². The molecule has 5 rings (SSSR count). The highest BCUT2D eigenvalue weighted by atomic mass is 19.4. The van der Waals surface area contributed by atoms with Gasteiger partial charge in [-0.05, 0) is 49.4 Å². The van der Waals surface area contributed by atoms with E-state index in [1.54, 1.807) is 28.8 Å². The second kappa shape index (κ2) is 8.52. The molecule has 2 aromatic carbocycles. The molecule has 2 aliphatic rings. The summed E-state index contributed by atoms with van der Waals surface area (Å²) in [6.45, 7) is 0.914. The molecule has 1 saturated heterocycles. The van der Waals surface area contributed by atoms with E-state index in [0.717, 1.165) is 18.9 Å². The van der Waals surface area contributed by atoms with Crippen molar-refractivity contribution in [2.45, 2.75) is 44.4 Å². The van der Waals surface area contributed by atoms with Crippen molar-refractivity contribution in [3.05, 3.63) is 64.1 Å². The number of amides is 1. The van der Waals surface area contributed by atoms with E-state index in [2.05, 4.69) is 0 Å². The standard InChI is InChI=1S/C25H26F3N3O3/c1-34-21-8-4-7-20-22(21)30(15-17-5-2-3-6-19(17)25(26,27)28)24(33)31(20)18-11-13-29(14-12-18)23(32)16-9-10-16/h2-8,16,18H,9-15H2,1H3. The summed E-state index contributed by atoms with van der Waals surface area (Å²) in [5.41, 5.74) is -0.00998. The van der Waals surface area contributed by atoms with Crippen LogP contribution in [0.15, 0.2) is 47.3 Å². The number of piperidine rings is 1. The second-order valence-corrected chi connectivity index (χ2v) is 9.05. The summed E-state index contributed by atoms with van der Waals surface area (Å²) in [4.78, 5) is 28.0. The molecule has 0 atom stereocenters. The van der Waals surface area contributed by atoms with Gasteiger partial charge in [0.15, 0.2) is 0 Å². The molecule has 1 amide bonds. The third-order valence-electron chi connectivity index (χ3n) is 6.88. The number of carbonyl (C=O) groups is 1. The molecule has 2 fully saturated rings. The zero-order valence-electron chi connectivity index (χ0n) is 18.8. The van der Waals surface area contributed by atoms with E-state index < -0.39 is 11.7 Å². The maximum Gasteiger partial charge on any atom is 0.416 e. The highest BCUT2D eigenvalue weighted by Gasteiger charge is 2.36. The highest BCUT2D eigenvalue weighted by Crippen LogP contribution is 2.36. The second-order valence-electron chi connectivity index (χ2n) is 9.05. The molecule has 3 aromatic rings. The minimum absolute atomic E-state index is 0.0203. The number of nitrogens with zero attached hydrogens (tertiary/aromatic N) is 3. The SMILES string of the molecule is COc1cccc2c1n(Cc1ccccc1C(F)(F)F)c(=O)n2C1CCN(C(=O)C2CC2)CC1. The van der Waals surface area contributed by atoms with Crippen LogP contribution in [-0.4, -0.2) is 40.1 Å². The van der Waals surface area contributed by atoms with Crippen molar-refractivity contribution >= 4 is 16.9 Å². The Morgan fingerprint density at radius 3 is 2.38 bits per heavy atom. The summed E-state index contributed by atoms with van der Waals surface area (Å²) in [6.07, 6.45) is -1.39. The average molecular weight is 473 g/mol. The fourth-order valence-corrected chi connectivity index (χ4v) is 5.01.